The van der Waals surface area contributed by atoms with Gasteiger partial charge in [-0.15, -0.1) is 5.10 Å². The van der Waals surface area contributed by atoms with Crippen LogP contribution < -0.4 is 20.3 Å². The highest BCUT2D eigenvalue weighted by atomic mass is 32.2. The molecule has 14 heteroatoms. The number of anilines is 2. The number of nitrogens with two attached hydrogens (primary N) is 1. The van der Waals surface area contributed by atoms with Crippen molar-refractivity contribution < 1.29 is 35.9 Å². The van der Waals surface area contributed by atoms with E-state index in [-0.39, 0.29) is 42.2 Å². The van der Waals surface area contributed by atoms with Crippen LogP contribution in [0.4, 0.5) is 20.5 Å². The van der Waals surface area contributed by atoms with E-state index >= 15 is 0 Å². The molecule has 1 fully saturated rings. The van der Waals surface area contributed by atoms with Crippen molar-refractivity contribution in [2.24, 2.45) is 5.73 Å². The Kier molecular flexibility index (Phi) is 7.12. The third-order valence-corrected chi connectivity index (χ3v) is 8.60. The lowest BCUT2D eigenvalue weighted by Gasteiger charge is -2.30. The number of morpholine rings is 1. The number of nitrogens with zero attached hydrogens (tertiary/aromatic N) is 4. The van der Waals surface area contributed by atoms with Crippen LogP contribution in [-0.4, -0.2) is 62.1 Å². The number of fused-ring (bicyclic) bond motifs is 1. The highest BCUT2D eigenvalue weighted by Gasteiger charge is 2.39. The molecular weight excluding hydrogens is 572 g/mol. The molecule has 0 saturated carbocycles. The van der Waals surface area contributed by atoms with Gasteiger partial charge in [0.25, 0.3) is 0 Å². The van der Waals surface area contributed by atoms with E-state index < -0.39 is 40.2 Å². The standard InChI is InChI=1S/C28H25F2N5O6S/c29-28(30)17-34(12-13-39-28)27-33-32-25(41-27)19-8-11-24-23(14-19)35(26(36)22(31)16-42(24,37)38)15-18-6-9-21(10-7-18)40-20-4-2-1-3-5-20/h1-11,14,22H,12-13,15-17,31H2/t22-/m0/s1. The Bertz CT molecular complexity index is 1720. The summed E-state index contributed by atoms with van der Waals surface area (Å²) in [5, 5.41) is 7.85. The largest absolute Gasteiger partial charge is 0.457 e. The van der Waals surface area contributed by atoms with Crippen LogP contribution in [0.25, 0.3) is 11.5 Å². The Morgan fingerprint density at radius 3 is 2.50 bits per heavy atom. The number of amides is 1. The van der Waals surface area contributed by atoms with Crippen molar-refractivity contribution in [3.05, 3.63) is 78.4 Å². The zero-order valence-corrected chi connectivity index (χ0v) is 22.8. The Morgan fingerprint density at radius 1 is 1.02 bits per heavy atom. The minimum absolute atomic E-state index is 0.0159. The van der Waals surface area contributed by atoms with E-state index in [1.54, 1.807) is 24.3 Å². The molecule has 3 heterocycles. The third kappa shape index (κ3) is 5.68. The summed E-state index contributed by atoms with van der Waals surface area (Å²) >= 11 is 0. The van der Waals surface area contributed by atoms with Gasteiger partial charge >= 0.3 is 12.1 Å². The van der Waals surface area contributed by atoms with Crippen LogP contribution >= 0.6 is 0 Å². The first-order chi connectivity index (χ1) is 20.1. The van der Waals surface area contributed by atoms with Crippen molar-refractivity contribution in [1.29, 1.82) is 0 Å². The molecule has 1 amide bonds. The number of carbonyl (C=O) groups is 1. The average molecular weight is 598 g/mol. The molecule has 218 valence electrons. The van der Waals surface area contributed by atoms with E-state index in [9.17, 15) is 22.0 Å². The molecule has 0 radical (unpaired) electrons. The molecule has 1 aromatic heterocycles. The number of alkyl halides is 2. The van der Waals surface area contributed by atoms with E-state index in [4.69, 9.17) is 14.9 Å². The van der Waals surface area contributed by atoms with E-state index in [2.05, 4.69) is 14.9 Å². The molecule has 42 heavy (non-hydrogen) atoms. The fourth-order valence-electron chi connectivity index (χ4n) is 4.75. The van der Waals surface area contributed by atoms with Crippen LogP contribution in [0.15, 0.2) is 82.1 Å². The maximum absolute atomic E-state index is 13.7. The Balaban J connectivity index is 1.31. The van der Waals surface area contributed by atoms with Gasteiger partial charge in [-0.1, -0.05) is 35.4 Å². The van der Waals surface area contributed by atoms with Crippen molar-refractivity contribution in [3.8, 4) is 23.0 Å². The van der Waals surface area contributed by atoms with Gasteiger partial charge in [0.2, 0.25) is 11.8 Å². The first-order valence-corrected chi connectivity index (χ1v) is 14.6. The summed E-state index contributed by atoms with van der Waals surface area (Å²) in [7, 11) is -3.93. The summed E-state index contributed by atoms with van der Waals surface area (Å²) in [5.41, 5.74) is 7.12. The number of hydrogen-bond acceptors (Lipinski definition) is 10. The molecule has 3 aromatic carbocycles. The highest BCUT2D eigenvalue weighted by Crippen LogP contribution is 2.36. The lowest BCUT2D eigenvalue weighted by molar-refractivity contribution is -0.240. The molecule has 11 nitrogen and oxygen atoms in total. The number of benzene rings is 3. The van der Waals surface area contributed by atoms with Gasteiger partial charge in [0.05, 0.1) is 35.5 Å². The average Bonchev–Trinajstić information content (AvgIpc) is 3.44. The lowest BCUT2D eigenvalue weighted by atomic mass is 10.1. The number of hydrogen-bond donors (Lipinski definition) is 1. The summed E-state index contributed by atoms with van der Waals surface area (Å²) in [6.45, 7) is -0.846. The number of aromatic nitrogens is 2. The summed E-state index contributed by atoms with van der Waals surface area (Å²) < 4.78 is 69.7. The molecule has 2 aliphatic rings. The molecule has 6 rings (SSSR count). The summed E-state index contributed by atoms with van der Waals surface area (Å²) in [5.74, 6) is 0.0646. The lowest BCUT2D eigenvalue weighted by Crippen LogP contribution is -2.46. The van der Waals surface area contributed by atoms with Gasteiger partial charge in [0.1, 0.15) is 18.0 Å². The second-order valence-electron chi connectivity index (χ2n) is 9.85. The van der Waals surface area contributed by atoms with Crippen LogP contribution in [0, 0.1) is 0 Å². The summed E-state index contributed by atoms with van der Waals surface area (Å²) in [4.78, 5) is 15.8. The van der Waals surface area contributed by atoms with Crippen molar-refractivity contribution in [2.75, 3.05) is 35.2 Å². The zero-order chi connectivity index (χ0) is 29.5. The van der Waals surface area contributed by atoms with Crippen molar-refractivity contribution >= 4 is 27.4 Å². The predicted octanol–water partition coefficient (Wildman–Crippen LogP) is 3.61. The molecule has 2 N–H and O–H groups in total. The number of halogens is 2. The van der Waals surface area contributed by atoms with E-state index in [0.29, 0.717) is 22.6 Å². The summed E-state index contributed by atoms with van der Waals surface area (Å²) in [6.07, 6.45) is -3.36. The second-order valence-corrected chi connectivity index (χ2v) is 11.9. The first kappa shape index (κ1) is 27.8. The van der Waals surface area contributed by atoms with Crippen LogP contribution in [-0.2, 0) is 25.9 Å². The topological polar surface area (TPSA) is 141 Å². The van der Waals surface area contributed by atoms with E-state index in [1.807, 2.05) is 30.3 Å². The molecule has 2 aliphatic heterocycles. The van der Waals surface area contributed by atoms with Gasteiger partial charge < -0.3 is 29.4 Å². The molecule has 0 aliphatic carbocycles. The van der Waals surface area contributed by atoms with Crippen molar-refractivity contribution in [3.63, 3.8) is 0 Å². The normalized spacial score (nSPS) is 19.7. The Labute approximate surface area is 239 Å². The molecule has 1 atom stereocenters. The highest BCUT2D eigenvalue weighted by molar-refractivity contribution is 7.91. The van der Waals surface area contributed by atoms with Crippen LogP contribution in [0.2, 0.25) is 0 Å². The first-order valence-electron chi connectivity index (χ1n) is 12.9. The van der Waals surface area contributed by atoms with Crippen LogP contribution in [0.1, 0.15) is 5.56 Å². The van der Waals surface area contributed by atoms with Crippen molar-refractivity contribution in [1.82, 2.24) is 10.2 Å². The minimum atomic E-state index is -3.93. The summed E-state index contributed by atoms with van der Waals surface area (Å²) in [6, 6.07) is 19.1. The maximum Gasteiger partial charge on any atom is 0.373 e. The van der Waals surface area contributed by atoms with Crippen LogP contribution in [0.5, 0.6) is 11.5 Å². The SMILES string of the molecule is N[C@H]1CS(=O)(=O)c2ccc(-c3nnc(N4CCOC(F)(F)C4)o3)cc2N(Cc2ccc(Oc3ccccc3)cc2)C1=O. The molecular formula is C28H25F2N5O6S. The minimum Gasteiger partial charge on any atom is -0.457 e. The molecule has 1 saturated heterocycles. The van der Waals surface area contributed by atoms with Gasteiger partial charge in [0, 0.05) is 12.1 Å². The number of para-hydroxylation sites is 1. The third-order valence-electron chi connectivity index (χ3n) is 6.79. The number of ether oxygens (including phenoxy) is 2. The van der Waals surface area contributed by atoms with Crippen LogP contribution in [0.3, 0.4) is 0 Å². The Hall–Kier alpha value is -4.40. The van der Waals surface area contributed by atoms with E-state index in [1.165, 1.54) is 28.0 Å². The predicted molar refractivity (Wildman–Crippen MR) is 147 cm³/mol. The maximum atomic E-state index is 13.7. The molecule has 0 unspecified atom stereocenters. The smallest absolute Gasteiger partial charge is 0.373 e. The quantitative estimate of drug-likeness (QED) is 0.350. The second kappa shape index (κ2) is 10.8. The van der Waals surface area contributed by atoms with Crippen molar-refractivity contribution in [2.45, 2.75) is 23.6 Å². The zero-order valence-electron chi connectivity index (χ0n) is 22.0. The monoisotopic (exact) mass is 597 g/mol. The fourth-order valence-corrected chi connectivity index (χ4v) is 6.31. The van der Waals surface area contributed by atoms with E-state index in [0.717, 1.165) is 0 Å². The molecule has 0 spiro atoms. The van der Waals surface area contributed by atoms with Gasteiger partial charge in [-0.05, 0) is 48.0 Å². The van der Waals surface area contributed by atoms with Gasteiger partial charge in [-0.3, -0.25) is 4.79 Å². The molecule has 0 bridgehead atoms. The number of rotatable bonds is 6. The van der Waals surface area contributed by atoms with Gasteiger partial charge in [0.15, 0.2) is 9.84 Å². The fraction of sp³-hybridized carbons (Fsp3) is 0.250. The van der Waals surface area contributed by atoms with Gasteiger partial charge in [-0.25, -0.2) is 8.42 Å². The van der Waals surface area contributed by atoms with Gasteiger partial charge in [-0.2, -0.15) is 8.78 Å². The Morgan fingerprint density at radius 2 is 1.76 bits per heavy atom. The number of carbonyl (C=O) groups excluding carboxylic acids is 1. The number of sulfone groups is 1. The molecule has 4 aromatic rings.